The van der Waals surface area contributed by atoms with Crippen molar-refractivity contribution >= 4 is 33.3 Å². The number of hydrogen-bond acceptors (Lipinski definition) is 5. The van der Waals surface area contributed by atoms with Crippen LogP contribution in [0, 0.1) is 0 Å². The first-order valence-corrected chi connectivity index (χ1v) is 6.82. The van der Waals surface area contributed by atoms with Crippen molar-refractivity contribution in [3.05, 3.63) is 24.3 Å². The molecule has 86 valence electrons. The summed E-state index contributed by atoms with van der Waals surface area (Å²) in [7, 11) is 1.67. The van der Waals surface area contributed by atoms with Gasteiger partial charge in [-0.2, -0.15) is 0 Å². The molecule has 0 aliphatic heterocycles. The molecule has 0 spiro atoms. The Morgan fingerprint density at radius 3 is 3.06 bits per heavy atom. The minimum absolute atomic E-state index is 0.0713. The fraction of sp³-hybridized carbons (Fsp3) is 0.364. The van der Waals surface area contributed by atoms with E-state index >= 15 is 0 Å². The molecular formula is C11H14N2OS2. The molecule has 1 unspecified atom stereocenters. The van der Waals surface area contributed by atoms with E-state index in [1.807, 2.05) is 18.2 Å². The van der Waals surface area contributed by atoms with Gasteiger partial charge in [-0.1, -0.05) is 23.9 Å². The van der Waals surface area contributed by atoms with Gasteiger partial charge in [-0.3, -0.25) is 0 Å². The monoisotopic (exact) mass is 254 g/mol. The molecule has 1 aromatic carbocycles. The molecule has 16 heavy (non-hydrogen) atoms. The smallest absolute Gasteiger partial charge is 0.151 e. The molecule has 2 rings (SSSR count). The predicted molar refractivity (Wildman–Crippen MR) is 70.2 cm³/mol. The number of thiazole rings is 1. The number of methoxy groups -OCH3 is 1. The Balaban J connectivity index is 1.99. The number of nitrogens with two attached hydrogens (primary N) is 1. The molecular weight excluding hydrogens is 240 g/mol. The molecule has 5 heteroatoms. The van der Waals surface area contributed by atoms with Crippen molar-refractivity contribution in [1.82, 2.24) is 4.98 Å². The van der Waals surface area contributed by atoms with Crippen LogP contribution in [0.3, 0.4) is 0 Å². The quantitative estimate of drug-likeness (QED) is 0.832. The Morgan fingerprint density at radius 1 is 1.50 bits per heavy atom. The van der Waals surface area contributed by atoms with Crippen LogP contribution in [0.1, 0.15) is 0 Å². The number of benzene rings is 1. The number of nitrogens with zero attached hydrogens (tertiary/aromatic N) is 1. The zero-order valence-electron chi connectivity index (χ0n) is 9.05. The van der Waals surface area contributed by atoms with E-state index in [0.29, 0.717) is 6.61 Å². The van der Waals surface area contributed by atoms with E-state index in [0.717, 1.165) is 15.6 Å². The summed E-state index contributed by atoms with van der Waals surface area (Å²) in [6.07, 6.45) is 0. The fourth-order valence-corrected chi connectivity index (χ4v) is 3.38. The van der Waals surface area contributed by atoms with E-state index in [2.05, 4.69) is 11.1 Å². The maximum absolute atomic E-state index is 5.86. The zero-order chi connectivity index (χ0) is 11.4. The standard InChI is InChI=1S/C11H14N2OS2/c1-14-6-8(12)7-15-11-13-9-4-2-3-5-10(9)16-11/h2-5,8H,6-7,12H2,1H3. The van der Waals surface area contributed by atoms with E-state index < -0.39 is 0 Å². The molecule has 0 saturated heterocycles. The Bertz CT molecular complexity index is 425. The summed E-state index contributed by atoms with van der Waals surface area (Å²) in [6, 6.07) is 8.23. The van der Waals surface area contributed by atoms with Gasteiger partial charge in [0.25, 0.3) is 0 Å². The molecule has 0 bridgehead atoms. The maximum Gasteiger partial charge on any atom is 0.151 e. The Hall–Kier alpha value is -0.620. The summed E-state index contributed by atoms with van der Waals surface area (Å²) in [5.41, 5.74) is 6.92. The number of hydrogen-bond donors (Lipinski definition) is 1. The largest absolute Gasteiger partial charge is 0.383 e. The molecule has 3 nitrogen and oxygen atoms in total. The van der Waals surface area contributed by atoms with Crippen LogP contribution in [0.25, 0.3) is 10.2 Å². The average molecular weight is 254 g/mol. The van der Waals surface area contributed by atoms with Crippen LogP contribution < -0.4 is 5.73 Å². The molecule has 1 atom stereocenters. The van der Waals surface area contributed by atoms with Gasteiger partial charge in [0, 0.05) is 18.9 Å². The number of ether oxygens (including phenoxy) is 1. The molecule has 0 aliphatic carbocycles. The minimum Gasteiger partial charge on any atom is -0.383 e. The highest BCUT2D eigenvalue weighted by Gasteiger charge is 2.07. The summed E-state index contributed by atoms with van der Waals surface area (Å²) in [6.45, 7) is 0.595. The predicted octanol–water partition coefficient (Wildman–Crippen LogP) is 2.36. The lowest BCUT2D eigenvalue weighted by atomic mass is 10.3. The summed E-state index contributed by atoms with van der Waals surface area (Å²) in [4.78, 5) is 4.53. The highest BCUT2D eigenvalue weighted by Crippen LogP contribution is 2.29. The van der Waals surface area contributed by atoms with Crippen molar-refractivity contribution in [3.63, 3.8) is 0 Å². The zero-order valence-corrected chi connectivity index (χ0v) is 10.7. The van der Waals surface area contributed by atoms with Crippen LogP contribution in [-0.2, 0) is 4.74 Å². The first kappa shape index (κ1) is 11.9. The minimum atomic E-state index is 0.0713. The lowest BCUT2D eigenvalue weighted by molar-refractivity contribution is 0.186. The second-order valence-electron chi connectivity index (χ2n) is 3.47. The molecule has 0 saturated carbocycles. The third-order valence-corrected chi connectivity index (χ3v) is 4.44. The van der Waals surface area contributed by atoms with Crippen molar-refractivity contribution < 1.29 is 4.74 Å². The molecule has 0 fully saturated rings. The van der Waals surface area contributed by atoms with Crippen LogP contribution in [0.15, 0.2) is 28.6 Å². The number of fused-ring (bicyclic) bond motifs is 1. The first-order chi connectivity index (χ1) is 7.79. The Morgan fingerprint density at radius 2 is 2.31 bits per heavy atom. The van der Waals surface area contributed by atoms with E-state index in [4.69, 9.17) is 10.5 Å². The Labute approximate surface area is 103 Å². The summed E-state index contributed by atoms with van der Waals surface area (Å²) >= 11 is 3.41. The third-order valence-electron chi connectivity index (χ3n) is 2.08. The molecule has 0 radical (unpaired) electrons. The van der Waals surface area contributed by atoms with Gasteiger partial charge < -0.3 is 10.5 Å². The van der Waals surface area contributed by atoms with E-state index in [-0.39, 0.29) is 6.04 Å². The van der Waals surface area contributed by atoms with Crippen LogP contribution in [0.4, 0.5) is 0 Å². The number of rotatable bonds is 5. The summed E-state index contributed by atoms with van der Waals surface area (Å²) in [5.74, 6) is 0.841. The second-order valence-corrected chi connectivity index (χ2v) is 5.77. The highest BCUT2D eigenvalue weighted by molar-refractivity contribution is 8.01. The topological polar surface area (TPSA) is 48.1 Å². The molecule has 2 N–H and O–H groups in total. The number of para-hydroxylation sites is 1. The molecule has 0 aliphatic rings. The van der Waals surface area contributed by atoms with E-state index in [9.17, 15) is 0 Å². The van der Waals surface area contributed by atoms with Crippen LogP contribution in [0.2, 0.25) is 0 Å². The number of thioether (sulfide) groups is 1. The molecule has 1 heterocycles. The third kappa shape index (κ3) is 2.95. The Kier molecular flexibility index (Phi) is 4.17. The van der Waals surface area contributed by atoms with Gasteiger partial charge in [0.15, 0.2) is 4.34 Å². The van der Waals surface area contributed by atoms with Crippen molar-refractivity contribution in [2.45, 2.75) is 10.4 Å². The second kappa shape index (κ2) is 5.63. The lowest BCUT2D eigenvalue weighted by Crippen LogP contribution is -2.27. The molecule has 0 amide bonds. The van der Waals surface area contributed by atoms with Crippen molar-refractivity contribution in [1.29, 1.82) is 0 Å². The van der Waals surface area contributed by atoms with Crippen molar-refractivity contribution in [3.8, 4) is 0 Å². The SMILES string of the molecule is COCC(N)CSc1nc2ccccc2s1. The van der Waals surface area contributed by atoms with Crippen molar-refractivity contribution in [2.75, 3.05) is 19.5 Å². The van der Waals surface area contributed by atoms with Gasteiger partial charge in [0.2, 0.25) is 0 Å². The fourth-order valence-electron chi connectivity index (χ4n) is 1.35. The molecule has 1 aromatic heterocycles. The van der Waals surface area contributed by atoms with Gasteiger partial charge in [0.1, 0.15) is 0 Å². The first-order valence-electron chi connectivity index (χ1n) is 5.02. The number of aromatic nitrogens is 1. The summed E-state index contributed by atoms with van der Waals surface area (Å²) < 4.78 is 7.30. The van der Waals surface area contributed by atoms with Gasteiger partial charge in [0.05, 0.1) is 16.8 Å². The average Bonchev–Trinajstić information content (AvgIpc) is 2.69. The highest BCUT2D eigenvalue weighted by atomic mass is 32.2. The van der Waals surface area contributed by atoms with Gasteiger partial charge in [-0.25, -0.2) is 4.98 Å². The van der Waals surface area contributed by atoms with Crippen LogP contribution in [0.5, 0.6) is 0 Å². The van der Waals surface area contributed by atoms with E-state index in [1.54, 1.807) is 30.2 Å². The lowest BCUT2D eigenvalue weighted by Gasteiger charge is -2.07. The van der Waals surface area contributed by atoms with Crippen LogP contribution >= 0.6 is 23.1 Å². The summed E-state index contributed by atoms with van der Waals surface area (Å²) in [5, 5.41) is 0. The van der Waals surface area contributed by atoms with Crippen molar-refractivity contribution in [2.24, 2.45) is 5.73 Å². The maximum atomic E-state index is 5.86. The molecule has 2 aromatic rings. The normalized spacial score (nSPS) is 13.1. The van der Waals surface area contributed by atoms with E-state index in [1.165, 1.54) is 4.70 Å². The van der Waals surface area contributed by atoms with Gasteiger partial charge in [-0.05, 0) is 12.1 Å². The van der Waals surface area contributed by atoms with Gasteiger partial charge >= 0.3 is 0 Å². The van der Waals surface area contributed by atoms with Crippen LogP contribution in [-0.4, -0.2) is 30.5 Å². The van der Waals surface area contributed by atoms with Gasteiger partial charge in [-0.15, -0.1) is 11.3 Å².